The van der Waals surface area contributed by atoms with Crippen LogP contribution in [0.3, 0.4) is 0 Å². The molecule has 1 aromatic carbocycles. The first-order chi connectivity index (χ1) is 21.2. The van der Waals surface area contributed by atoms with E-state index in [9.17, 15) is 23.1 Å². The number of hydroxylamine groups is 2. The fourth-order valence-corrected chi connectivity index (χ4v) is 5.64. The average Bonchev–Trinajstić information content (AvgIpc) is 3.37. The van der Waals surface area contributed by atoms with Crippen molar-refractivity contribution >= 4 is 61.0 Å². The van der Waals surface area contributed by atoms with E-state index in [-0.39, 0.29) is 23.1 Å². The van der Waals surface area contributed by atoms with Crippen LogP contribution in [0, 0.1) is 0 Å². The molecule has 2 atom stereocenters. The summed E-state index contributed by atoms with van der Waals surface area (Å²) in [5.74, 6) is -0.827. The second-order valence-corrected chi connectivity index (χ2v) is 12.9. The monoisotopic (exact) mass is 665 g/mol. The van der Waals surface area contributed by atoms with Crippen molar-refractivity contribution < 1.29 is 46.1 Å². The third-order valence-corrected chi connectivity index (χ3v) is 8.53. The van der Waals surface area contributed by atoms with Crippen LogP contribution in [0.5, 0.6) is 5.75 Å². The van der Waals surface area contributed by atoms with E-state index in [4.69, 9.17) is 19.9 Å². The molecule has 2 fully saturated rings. The summed E-state index contributed by atoms with van der Waals surface area (Å²) in [6, 6.07) is 6.99. The normalized spacial score (nSPS) is 19.3. The summed E-state index contributed by atoms with van der Waals surface area (Å²) in [7, 11) is -2.81. The fourth-order valence-electron chi connectivity index (χ4n) is 4.62. The zero-order valence-electron chi connectivity index (χ0n) is 24.5. The first-order valence-corrected chi connectivity index (χ1v) is 15.9. The molecule has 0 spiro atoms. The highest BCUT2D eigenvalue weighted by molar-refractivity contribution is 7.80. The molecule has 0 bridgehead atoms. The van der Waals surface area contributed by atoms with Gasteiger partial charge in [-0.1, -0.05) is 5.16 Å². The lowest BCUT2D eigenvalue weighted by Crippen LogP contribution is -2.73. The van der Waals surface area contributed by atoms with Gasteiger partial charge in [0.1, 0.15) is 24.1 Å². The standard InChI is InChI=1S/C26H32N8O9S2/c1-26(2)20(11-34(26)43-45(38,39)40)31-23(35)21(18-13-44-25(27)30-18)32-42-19(24(36)37)12-41-16-4-5-17-14(8-16)6-7-33(3)22(17)29-15-9-28-10-15/h4-8,13,15,19-20,28H,9-12H2,1-3H3,(H5,27,30,31,35,36,37,38,39,40)/p+1/b32-21-/t19-,20?/m0/s1. The lowest BCUT2D eigenvalue weighted by molar-refractivity contribution is -0.656. The Morgan fingerprint density at radius 3 is 2.69 bits per heavy atom. The van der Waals surface area contributed by atoms with Crippen LogP contribution < -0.4 is 31.0 Å². The molecule has 2 saturated heterocycles. The van der Waals surface area contributed by atoms with Crippen LogP contribution in [0.1, 0.15) is 19.5 Å². The van der Waals surface area contributed by atoms with Gasteiger partial charge < -0.3 is 31.0 Å². The number of hydrogen-bond acceptors (Lipinski definition) is 14. The van der Waals surface area contributed by atoms with Gasteiger partial charge in [-0.2, -0.15) is 17.8 Å². The summed E-state index contributed by atoms with van der Waals surface area (Å²) >= 11 is 1.03. The van der Waals surface area contributed by atoms with Gasteiger partial charge in [-0.05, 0) is 43.5 Å². The van der Waals surface area contributed by atoms with Crippen LogP contribution in [-0.2, 0) is 36.2 Å². The van der Waals surface area contributed by atoms with E-state index < -0.39 is 46.6 Å². The molecule has 3 aromatic rings. The van der Waals surface area contributed by atoms with Crippen LogP contribution in [-0.4, -0.2) is 95.7 Å². The van der Waals surface area contributed by atoms with Crippen LogP contribution in [0.25, 0.3) is 10.8 Å². The van der Waals surface area contributed by atoms with Crippen molar-refractivity contribution in [2.24, 2.45) is 12.2 Å². The highest BCUT2D eigenvalue weighted by Gasteiger charge is 2.50. The lowest BCUT2D eigenvalue weighted by Gasteiger charge is -2.52. The first-order valence-electron chi connectivity index (χ1n) is 13.7. The number of nitrogens with zero attached hydrogens (tertiary/aromatic N) is 4. The number of fused-ring (bicyclic) bond motifs is 1. The second kappa shape index (κ2) is 12.7. The number of benzene rings is 1. The summed E-state index contributed by atoms with van der Waals surface area (Å²) < 4.78 is 43.5. The van der Waals surface area contributed by atoms with Crippen LogP contribution >= 0.6 is 11.3 Å². The number of aryl methyl sites for hydroxylation is 1. The minimum atomic E-state index is -4.76. The Morgan fingerprint density at radius 1 is 1.33 bits per heavy atom. The molecule has 0 saturated carbocycles. The first kappa shape index (κ1) is 32.3. The smallest absolute Gasteiger partial charge is 0.413 e. The van der Waals surface area contributed by atoms with Crippen molar-refractivity contribution in [3.63, 3.8) is 0 Å². The van der Waals surface area contributed by atoms with E-state index in [1.54, 1.807) is 26.0 Å². The van der Waals surface area contributed by atoms with E-state index in [1.165, 1.54) is 5.38 Å². The van der Waals surface area contributed by atoms with Crippen LogP contribution in [0.4, 0.5) is 10.9 Å². The van der Waals surface area contributed by atoms with Crippen molar-refractivity contribution in [2.45, 2.75) is 37.6 Å². The number of carbonyl (C=O) groups excluding carboxylic acids is 1. The number of aliphatic carboxylic acids is 1. The minimum Gasteiger partial charge on any atom is -0.489 e. The third-order valence-electron chi connectivity index (χ3n) is 7.49. The van der Waals surface area contributed by atoms with Gasteiger partial charge in [0.25, 0.3) is 17.8 Å². The van der Waals surface area contributed by atoms with E-state index in [2.05, 4.69) is 30.4 Å². The number of carbonyl (C=O) groups is 2. The molecule has 0 radical (unpaired) electrons. The Kier molecular flexibility index (Phi) is 9.10. The fraction of sp³-hybridized carbons (Fsp3) is 0.423. The van der Waals surface area contributed by atoms with Gasteiger partial charge in [-0.15, -0.1) is 11.3 Å². The Labute approximate surface area is 261 Å². The number of hydrogen-bond donors (Lipinski definition) is 6. The Morgan fingerprint density at radius 2 is 2.09 bits per heavy atom. The number of nitrogens with two attached hydrogens (primary N) is 1. The van der Waals surface area contributed by atoms with Crippen molar-refractivity contribution in [3.05, 3.63) is 41.5 Å². The molecular weight excluding hydrogens is 632 g/mol. The summed E-state index contributed by atoms with van der Waals surface area (Å²) in [5, 5.41) is 27.5. The van der Waals surface area contributed by atoms with Crippen molar-refractivity contribution in [1.29, 1.82) is 0 Å². The molecule has 1 unspecified atom stereocenters. The van der Waals surface area contributed by atoms with Gasteiger partial charge in [0, 0.05) is 25.0 Å². The van der Waals surface area contributed by atoms with Crippen molar-refractivity contribution in [1.82, 2.24) is 20.7 Å². The highest BCUT2D eigenvalue weighted by Crippen LogP contribution is 2.31. The summed E-state index contributed by atoms with van der Waals surface area (Å²) in [4.78, 5) is 34.6. The Hall–Kier alpha value is -4.14. The number of rotatable bonds is 13. The number of anilines is 2. The lowest BCUT2D eigenvalue weighted by atomic mass is 9.85. The largest absolute Gasteiger partial charge is 0.489 e. The number of nitrogen functional groups attached to an aromatic ring is 1. The zero-order valence-corrected chi connectivity index (χ0v) is 26.1. The molecular formula is C26H33N8O9S2+. The molecule has 2 aromatic heterocycles. The molecule has 2 aliphatic rings. The average molecular weight is 666 g/mol. The highest BCUT2D eigenvalue weighted by atomic mass is 32.3. The van der Waals surface area contributed by atoms with Gasteiger partial charge in [0.2, 0.25) is 0 Å². The molecule has 19 heteroatoms. The summed E-state index contributed by atoms with van der Waals surface area (Å²) in [6.45, 7) is 4.38. The van der Waals surface area contributed by atoms with E-state index in [0.717, 1.165) is 46.1 Å². The molecule has 5 rings (SSSR count). The quantitative estimate of drug-likeness (QED) is 0.0594. The minimum absolute atomic E-state index is 0.0352. The molecule has 45 heavy (non-hydrogen) atoms. The topological polar surface area (TPSA) is 231 Å². The van der Waals surface area contributed by atoms with Crippen molar-refractivity contribution in [3.8, 4) is 5.75 Å². The summed E-state index contributed by atoms with van der Waals surface area (Å²) in [6.07, 6.45) is 0.315. The number of carboxylic acids is 1. The van der Waals surface area contributed by atoms with Crippen LogP contribution in [0.2, 0.25) is 0 Å². The van der Waals surface area contributed by atoms with Gasteiger partial charge in [0.05, 0.1) is 30.2 Å². The molecule has 242 valence electrons. The number of thiazole rings is 1. The second-order valence-electron chi connectivity index (χ2n) is 11.0. The predicted molar refractivity (Wildman–Crippen MR) is 162 cm³/mol. The van der Waals surface area contributed by atoms with Crippen molar-refractivity contribution in [2.75, 3.05) is 37.3 Å². The number of nitrogens with one attached hydrogen (secondary N) is 3. The summed E-state index contributed by atoms with van der Waals surface area (Å²) in [5.41, 5.74) is 4.37. The van der Waals surface area contributed by atoms with Crippen LogP contribution in [0.15, 0.2) is 41.0 Å². The van der Waals surface area contributed by atoms with E-state index >= 15 is 0 Å². The third kappa shape index (κ3) is 7.40. The maximum absolute atomic E-state index is 13.2. The molecule has 4 heterocycles. The number of carboxylic acid groups (broad SMARTS) is 1. The zero-order chi connectivity index (χ0) is 32.5. The Bertz CT molecular complexity index is 1740. The van der Waals surface area contributed by atoms with E-state index in [1.807, 2.05) is 29.9 Å². The van der Waals surface area contributed by atoms with Gasteiger partial charge in [-0.25, -0.2) is 14.3 Å². The molecule has 7 N–H and O–H groups in total. The van der Waals surface area contributed by atoms with Gasteiger partial charge >= 0.3 is 16.4 Å². The number of amides is 1. The SMILES string of the molecule is C[n+]1ccc2cc(OC[C@H](O/N=C(\C(=O)NC3CN(OS(=O)(=O)O)C3(C)C)c3csc(N)n3)C(=O)O)ccc2c1NC1CNC1. The van der Waals surface area contributed by atoms with Gasteiger partial charge in [-0.3, -0.25) is 14.7 Å². The molecule has 2 aliphatic heterocycles. The molecule has 1 amide bonds. The number of ether oxygens (including phenoxy) is 1. The van der Waals surface area contributed by atoms with E-state index in [0.29, 0.717) is 11.8 Å². The number of aromatic nitrogens is 2. The Balaban J connectivity index is 1.28. The maximum atomic E-state index is 13.2. The molecule has 0 aliphatic carbocycles. The van der Waals surface area contributed by atoms with Gasteiger partial charge in [0.15, 0.2) is 10.8 Å². The maximum Gasteiger partial charge on any atom is 0.413 e. The number of oxime groups is 1. The molecule has 17 nitrogen and oxygen atoms in total. The number of pyridine rings is 1. The predicted octanol–water partition coefficient (Wildman–Crippen LogP) is -0.347.